The first kappa shape index (κ1) is 14.9. The van der Waals surface area contributed by atoms with Crippen molar-refractivity contribution in [1.82, 2.24) is 4.90 Å². The number of rotatable bonds is 1. The molecule has 1 aliphatic carbocycles. The molecule has 2 fully saturated rings. The Hall–Kier alpha value is -1.04. The Kier molecular flexibility index (Phi) is 3.55. The second kappa shape index (κ2) is 5.00. The zero-order valence-corrected chi connectivity index (χ0v) is 12.9. The van der Waals surface area contributed by atoms with E-state index in [1.807, 2.05) is 0 Å². The van der Waals surface area contributed by atoms with Gasteiger partial charge >= 0.3 is 6.18 Å². The van der Waals surface area contributed by atoms with Crippen LogP contribution in [0.1, 0.15) is 41.6 Å². The van der Waals surface area contributed by atoms with Gasteiger partial charge in [-0.25, -0.2) is 0 Å². The highest BCUT2D eigenvalue weighted by Crippen LogP contribution is 2.53. The van der Waals surface area contributed by atoms with Crippen molar-refractivity contribution in [3.8, 4) is 0 Å². The molecule has 1 saturated heterocycles. The number of alkyl halides is 3. The molecule has 1 spiro atoms. The number of piperidine rings is 1. The van der Waals surface area contributed by atoms with Crippen LogP contribution in [-0.2, 0) is 6.18 Å². The molecule has 0 atom stereocenters. The largest absolute Gasteiger partial charge is 0.417 e. The molecular formula is C15H15BrF3NO. The van der Waals surface area contributed by atoms with E-state index in [-0.39, 0.29) is 10.4 Å². The highest BCUT2D eigenvalue weighted by molar-refractivity contribution is 9.10. The van der Waals surface area contributed by atoms with E-state index in [2.05, 4.69) is 15.9 Å². The maximum absolute atomic E-state index is 12.7. The van der Waals surface area contributed by atoms with E-state index >= 15 is 0 Å². The first-order valence-electron chi connectivity index (χ1n) is 6.97. The van der Waals surface area contributed by atoms with Gasteiger partial charge in [-0.15, -0.1) is 0 Å². The van der Waals surface area contributed by atoms with Gasteiger partial charge in [-0.05, 0) is 49.3 Å². The first-order valence-corrected chi connectivity index (χ1v) is 7.76. The third kappa shape index (κ3) is 2.96. The van der Waals surface area contributed by atoms with Crippen molar-refractivity contribution < 1.29 is 18.0 Å². The molecule has 114 valence electrons. The summed E-state index contributed by atoms with van der Waals surface area (Å²) >= 11 is 2.91. The SMILES string of the molecule is O=C(c1ccc(C(F)(F)F)c(Br)c1)N1CCC2(CC1)CC2. The van der Waals surface area contributed by atoms with Crippen LogP contribution in [0, 0.1) is 5.41 Å². The minimum Gasteiger partial charge on any atom is -0.339 e. The van der Waals surface area contributed by atoms with Crippen LogP contribution in [0.2, 0.25) is 0 Å². The molecular weight excluding hydrogens is 347 g/mol. The molecule has 0 bridgehead atoms. The Balaban J connectivity index is 1.74. The van der Waals surface area contributed by atoms with E-state index in [0.717, 1.165) is 18.9 Å². The predicted molar refractivity (Wildman–Crippen MR) is 75.9 cm³/mol. The molecule has 2 nitrogen and oxygen atoms in total. The molecule has 1 aromatic rings. The summed E-state index contributed by atoms with van der Waals surface area (Å²) in [6.07, 6.45) is 0.118. The lowest BCUT2D eigenvalue weighted by Gasteiger charge is -2.32. The molecule has 2 aliphatic rings. The first-order chi connectivity index (χ1) is 9.81. The fraction of sp³-hybridized carbons (Fsp3) is 0.533. The fourth-order valence-corrected chi connectivity index (χ4v) is 3.53. The minimum absolute atomic E-state index is 0.0866. The molecule has 3 rings (SSSR count). The fourth-order valence-electron chi connectivity index (χ4n) is 2.92. The number of carbonyl (C=O) groups is 1. The molecule has 0 N–H and O–H groups in total. The van der Waals surface area contributed by atoms with E-state index < -0.39 is 11.7 Å². The zero-order chi connectivity index (χ0) is 15.3. The van der Waals surface area contributed by atoms with Gasteiger partial charge in [0.15, 0.2) is 0 Å². The summed E-state index contributed by atoms with van der Waals surface area (Å²) in [5, 5.41) is 0. The Bertz CT molecular complexity index is 571. The highest BCUT2D eigenvalue weighted by atomic mass is 79.9. The highest BCUT2D eigenvalue weighted by Gasteiger charge is 2.45. The summed E-state index contributed by atoms with van der Waals surface area (Å²) < 4.78 is 38.0. The van der Waals surface area contributed by atoms with E-state index in [1.54, 1.807) is 4.90 Å². The van der Waals surface area contributed by atoms with Gasteiger partial charge in [-0.2, -0.15) is 13.2 Å². The van der Waals surface area contributed by atoms with Crippen LogP contribution >= 0.6 is 15.9 Å². The van der Waals surface area contributed by atoms with Crippen molar-refractivity contribution >= 4 is 21.8 Å². The molecule has 21 heavy (non-hydrogen) atoms. The number of amides is 1. The summed E-state index contributed by atoms with van der Waals surface area (Å²) in [4.78, 5) is 14.1. The predicted octanol–water partition coefficient (Wildman–Crippen LogP) is 4.48. The summed E-state index contributed by atoms with van der Waals surface area (Å²) in [6, 6.07) is 3.49. The van der Waals surface area contributed by atoms with Gasteiger partial charge < -0.3 is 4.90 Å². The number of carbonyl (C=O) groups excluding carboxylic acids is 1. The van der Waals surface area contributed by atoms with Crippen molar-refractivity contribution in [2.24, 2.45) is 5.41 Å². The summed E-state index contributed by atoms with van der Waals surface area (Å²) in [5.74, 6) is -0.181. The topological polar surface area (TPSA) is 20.3 Å². The Labute approximate surface area is 129 Å². The second-order valence-electron chi connectivity index (χ2n) is 5.98. The van der Waals surface area contributed by atoms with Crippen molar-refractivity contribution in [3.05, 3.63) is 33.8 Å². The Morgan fingerprint density at radius 2 is 1.76 bits per heavy atom. The summed E-state index contributed by atoms with van der Waals surface area (Å²) in [5.41, 5.74) is 0.0218. The maximum atomic E-state index is 12.7. The number of hydrogen-bond donors (Lipinski definition) is 0. The van der Waals surface area contributed by atoms with Crippen LogP contribution in [0.5, 0.6) is 0 Å². The third-order valence-electron chi connectivity index (χ3n) is 4.59. The standard InChI is InChI=1S/C15H15BrF3NO/c16-12-9-10(1-2-11(12)15(17,18)19)13(21)20-7-5-14(3-4-14)6-8-20/h1-2,9H,3-8H2. The van der Waals surface area contributed by atoms with Crippen LogP contribution in [0.25, 0.3) is 0 Å². The van der Waals surface area contributed by atoms with E-state index in [0.29, 0.717) is 24.1 Å². The monoisotopic (exact) mass is 361 g/mol. The number of benzene rings is 1. The molecule has 0 unspecified atom stereocenters. The van der Waals surface area contributed by atoms with Gasteiger partial charge in [0, 0.05) is 23.1 Å². The van der Waals surface area contributed by atoms with Crippen molar-refractivity contribution in [2.75, 3.05) is 13.1 Å². The average Bonchev–Trinajstić information content (AvgIpc) is 3.17. The number of halogens is 4. The molecule has 1 amide bonds. The molecule has 0 radical (unpaired) electrons. The van der Waals surface area contributed by atoms with Crippen molar-refractivity contribution in [1.29, 1.82) is 0 Å². The lowest BCUT2D eigenvalue weighted by Crippen LogP contribution is -2.39. The minimum atomic E-state index is -4.41. The van der Waals surface area contributed by atoms with E-state index in [4.69, 9.17) is 0 Å². The van der Waals surface area contributed by atoms with Crippen LogP contribution in [0.3, 0.4) is 0 Å². The second-order valence-corrected chi connectivity index (χ2v) is 6.84. The Morgan fingerprint density at radius 3 is 2.24 bits per heavy atom. The normalized spacial score (nSPS) is 20.7. The third-order valence-corrected chi connectivity index (χ3v) is 5.25. The van der Waals surface area contributed by atoms with Gasteiger partial charge in [0.2, 0.25) is 0 Å². The lowest BCUT2D eigenvalue weighted by atomic mass is 9.93. The molecule has 1 heterocycles. The maximum Gasteiger partial charge on any atom is 0.417 e. The van der Waals surface area contributed by atoms with Crippen LogP contribution < -0.4 is 0 Å². The molecule has 0 aromatic heterocycles. The van der Waals surface area contributed by atoms with Gasteiger partial charge in [0.05, 0.1) is 5.56 Å². The number of nitrogens with zero attached hydrogens (tertiary/aromatic N) is 1. The van der Waals surface area contributed by atoms with Gasteiger partial charge in [0.1, 0.15) is 0 Å². The van der Waals surface area contributed by atoms with E-state index in [9.17, 15) is 18.0 Å². The Morgan fingerprint density at radius 1 is 1.14 bits per heavy atom. The molecule has 1 aromatic carbocycles. The van der Waals surface area contributed by atoms with Gasteiger partial charge in [-0.3, -0.25) is 4.79 Å². The molecule has 1 saturated carbocycles. The van der Waals surface area contributed by atoms with Crippen molar-refractivity contribution in [3.63, 3.8) is 0 Å². The van der Waals surface area contributed by atoms with Gasteiger partial charge in [-0.1, -0.05) is 15.9 Å². The average molecular weight is 362 g/mol. The van der Waals surface area contributed by atoms with E-state index in [1.165, 1.54) is 25.0 Å². The number of hydrogen-bond acceptors (Lipinski definition) is 1. The summed E-state index contributed by atoms with van der Waals surface area (Å²) in [6.45, 7) is 1.41. The quantitative estimate of drug-likeness (QED) is 0.721. The zero-order valence-electron chi connectivity index (χ0n) is 11.3. The van der Waals surface area contributed by atoms with Crippen molar-refractivity contribution in [2.45, 2.75) is 31.9 Å². The lowest BCUT2D eigenvalue weighted by molar-refractivity contribution is -0.138. The van der Waals surface area contributed by atoms with Gasteiger partial charge in [0.25, 0.3) is 5.91 Å². The van der Waals surface area contributed by atoms with Crippen LogP contribution in [0.15, 0.2) is 22.7 Å². The summed E-state index contributed by atoms with van der Waals surface area (Å²) in [7, 11) is 0. The molecule has 6 heteroatoms. The smallest absolute Gasteiger partial charge is 0.339 e. The number of likely N-dealkylation sites (tertiary alicyclic amines) is 1. The van der Waals surface area contributed by atoms with Crippen LogP contribution in [0.4, 0.5) is 13.2 Å². The molecule has 1 aliphatic heterocycles. The van der Waals surface area contributed by atoms with Crippen LogP contribution in [-0.4, -0.2) is 23.9 Å².